The molecule has 0 spiro atoms. The molecule has 0 aromatic carbocycles. The van der Waals surface area contributed by atoms with Gasteiger partial charge < -0.3 is 9.67 Å². The molecule has 1 aromatic heterocycles. The zero-order valence-electron chi connectivity index (χ0n) is 24.9. The minimum atomic E-state index is -0.700. The predicted octanol–water partition coefficient (Wildman–Crippen LogP) is 6.49. The maximum atomic E-state index is 11.6. The number of aliphatic carboxylic acids is 1. The van der Waals surface area contributed by atoms with E-state index in [2.05, 4.69) is 33.4 Å². The summed E-state index contributed by atoms with van der Waals surface area (Å²) in [4.78, 5) is 22.3. The van der Waals surface area contributed by atoms with Gasteiger partial charge in [-0.25, -0.2) is 4.98 Å². The molecule has 6 nitrogen and oxygen atoms in total. The molecule has 6 aliphatic rings. The molecular formula is C34H52N4O2. The number of likely N-dealkylation sites (tertiary alicyclic amines) is 1. The van der Waals surface area contributed by atoms with Gasteiger partial charge in [-0.05, 0) is 101 Å². The summed E-state index contributed by atoms with van der Waals surface area (Å²) >= 11 is 0. The summed E-state index contributed by atoms with van der Waals surface area (Å²) in [5.41, 5.74) is 2.66. The lowest BCUT2D eigenvalue weighted by Gasteiger charge is -2.57. The van der Waals surface area contributed by atoms with Crippen LogP contribution in [0.5, 0.6) is 0 Å². The Labute approximate surface area is 241 Å². The first-order valence-electron chi connectivity index (χ1n) is 17.0. The standard InChI is InChI=1S/C34H52N4O2/c1-23-13-14-27-19-29(20-32(23)37(27)28-17-24-8-2-3-9-25(16-24)18-28)38-31-12-5-4-11-30(31)35-33(38)21-26-10-6-7-15-36(26)22-34(39)40/h4,11,23-29,32H,2-3,5-10,12-22H2,1H3,(H,39,40). The van der Waals surface area contributed by atoms with Crippen LogP contribution >= 0.6 is 0 Å². The Bertz CT molecular complexity index is 1080. The van der Waals surface area contributed by atoms with Gasteiger partial charge >= 0.3 is 5.97 Å². The van der Waals surface area contributed by atoms with Crippen molar-refractivity contribution in [2.75, 3.05) is 13.1 Å². The van der Waals surface area contributed by atoms with Gasteiger partial charge in [0.25, 0.3) is 0 Å². The summed E-state index contributed by atoms with van der Waals surface area (Å²) in [5, 5.41) is 9.58. The highest BCUT2D eigenvalue weighted by atomic mass is 16.4. The zero-order chi connectivity index (χ0) is 27.2. The second kappa shape index (κ2) is 11.6. The number of hydrogen-bond donors (Lipinski definition) is 1. The van der Waals surface area contributed by atoms with Crippen LogP contribution in [0.1, 0.15) is 126 Å². The molecule has 2 saturated carbocycles. The van der Waals surface area contributed by atoms with E-state index in [4.69, 9.17) is 4.98 Å². The zero-order valence-corrected chi connectivity index (χ0v) is 24.9. The number of imidazole rings is 1. The Hall–Kier alpha value is -1.66. The van der Waals surface area contributed by atoms with Gasteiger partial charge in [-0.1, -0.05) is 45.1 Å². The Kier molecular flexibility index (Phi) is 7.85. The second-order valence-corrected chi connectivity index (χ2v) is 14.6. The van der Waals surface area contributed by atoms with E-state index in [0.717, 1.165) is 62.4 Å². The van der Waals surface area contributed by atoms with Crippen molar-refractivity contribution < 1.29 is 9.90 Å². The van der Waals surface area contributed by atoms with Crippen LogP contribution < -0.4 is 0 Å². The number of nitrogens with zero attached hydrogens (tertiary/aromatic N) is 4. The van der Waals surface area contributed by atoms with Gasteiger partial charge in [-0.15, -0.1) is 0 Å². The van der Waals surface area contributed by atoms with Crippen LogP contribution in [0.15, 0.2) is 6.08 Å². The van der Waals surface area contributed by atoms with E-state index in [1.54, 1.807) is 0 Å². The van der Waals surface area contributed by atoms with Gasteiger partial charge in [0.05, 0.1) is 12.2 Å². The summed E-state index contributed by atoms with van der Waals surface area (Å²) in [6.07, 6.45) is 26.7. The van der Waals surface area contributed by atoms with Gasteiger partial charge in [-0.3, -0.25) is 14.6 Å². The molecule has 3 saturated heterocycles. The first-order valence-corrected chi connectivity index (χ1v) is 17.0. The summed E-state index contributed by atoms with van der Waals surface area (Å²) in [7, 11) is 0. The lowest BCUT2D eigenvalue weighted by molar-refractivity contribution is -0.139. The van der Waals surface area contributed by atoms with E-state index >= 15 is 0 Å². The van der Waals surface area contributed by atoms with Crippen molar-refractivity contribution in [3.63, 3.8) is 0 Å². The Morgan fingerprint density at radius 1 is 0.925 bits per heavy atom. The molecular weight excluding hydrogens is 496 g/mol. The van der Waals surface area contributed by atoms with Crippen LogP contribution in [0.3, 0.4) is 0 Å². The topological polar surface area (TPSA) is 61.6 Å². The monoisotopic (exact) mass is 548 g/mol. The molecule has 3 aliphatic carbocycles. The van der Waals surface area contributed by atoms with Crippen LogP contribution in [0.25, 0.3) is 6.08 Å². The highest BCUT2D eigenvalue weighted by Crippen LogP contribution is 2.49. The number of allylic oxidation sites excluding steroid dienone is 1. The average molecular weight is 549 g/mol. The number of aromatic nitrogens is 2. The molecule has 1 N–H and O–H groups in total. The highest BCUT2D eigenvalue weighted by molar-refractivity contribution is 5.69. The summed E-state index contributed by atoms with van der Waals surface area (Å²) < 4.78 is 2.72. The molecule has 220 valence electrons. The molecule has 7 unspecified atom stereocenters. The van der Waals surface area contributed by atoms with Crippen LogP contribution in [0.2, 0.25) is 0 Å². The number of hydrogen-bond acceptors (Lipinski definition) is 4. The summed E-state index contributed by atoms with van der Waals surface area (Å²) in [5.74, 6) is 3.27. The van der Waals surface area contributed by atoms with Crippen molar-refractivity contribution in [3.8, 4) is 0 Å². The summed E-state index contributed by atoms with van der Waals surface area (Å²) in [6.45, 7) is 3.61. The number of carboxylic acid groups (broad SMARTS) is 1. The van der Waals surface area contributed by atoms with Crippen molar-refractivity contribution in [1.29, 1.82) is 0 Å². The Morgan fingerprint density at radius 3 is 2.52 bits per heavy atom. The van der Waals surface area contributed by atoms with Crippen LogP contribution in [-0.2, 0) is 17.6 Å². The van der Waals surface area contributed by atoms with E-state index < -0.39 is 5.97 Å². The third kappa shape index (κ3) is 5.32. The lowest BCUT2D eigenvalue weighted by Crippen LogP contribution is -2.60. The fourth-order valence-electron chi connectivity index (χ4n) is 10.3. The van der Waals surface area contributed by atoms with Crippen LogP contribution in [0.4, 0.5) is 0 Å². The minimum absolute atomic E-state index is 0.161. The number of carboxylic acids is 1. The molecule has 4 heterocycles. The van der Waals surface area contributed by atoms with Gasteiger partial charge in [0.15, 0.2) is 0 Å². The molecule has 6 heteroatoms. The minimum Gasteiger partial charge on any atom is -0.480 e. The van der Waals surface area contributed by atoms with E-state index in [-0.39, 0.29) is 6.54 Å². The molecule has 7 atom stereocenters. The number of rotatable bonds is 6. The first kappa shape index (κ1) is 27.2. The third-order valence-electron chi connectivity index (χ3n) is 12.1. The van der Waals surface area contributed by atoms with E-state index in [9.17, 15) is 9.90 Å². The number of piperidine rings is 3. The lowest BCUT2D eigenvalue weighted by atomic mass is 9.71. The van der Waals surface area contributed by atoms with Crippen molar-refractivity contribution in [1.82, 2.24) is 19.4 Å². The Morgan fingerprint density at radius 2 is 1.73 bits per heavy atom. The summed E-state index contributed by atoms with van der Waals surface area (Å²) in [6, 6.07) is 3.06. The van der Waals surface area contributed by atoms with Crippen molar-refractivity contribution >= 4 is 12.0 Å². The third-order valence-corrected chi connectivity index (χ3v) is 12.1. The van der Waals surface area contributed by atoms with Gasteiger partial charge in [-0.2, -0.15) is 0 Å². The van der Waals surface area contributed by atoms with E-state index in [1.807, 2.05) is 0 Å². The highest BCUT2D eigenvalue weighted by Gasteiger charge is 2.47. The van der Waals surface area contributed by atoms with Gasteiger partial charge in [0.1, 0.15) is 5.82 Å². The van der Waals surface area contributed by atoms with E-state index in [1.165, 1.54) is 94.3 Å². The maximum absolute atomic E-state index is 11.6. The molecule has 40 heavy (non-hydrogen) atoms. The molecule has 5 fully saturated rings. The molecule has 0 radical (unpaired) electrons. The smallest absolute Gasteiger partial charge is 0.317 e. The van der Waals surface area contributed by atoms with Crippen molar-refractivity contribution in [2.45, 2.75) is 146 Å². The largest absolute Gasteiger partial charge is 0.480 e. The first-order chi connectivity index (χ1) is 19.5. The molecule has 3 aliphatic heterocycles. The fraction of sp³-hybridized carbons (Fsp3) is 0.824. The van der Waals surface area contributed by atoms with Crippen molar-refractivity contribution in [2.24, 2.45) is 17.8 Å². The SMILES string of the molecule is CC1CCC2CC(n3c(CC4CCCCN4CC(=O)O)nc4c3CCC=C4)CC1N2C1CC2CCCCC(C2)C1. The van der Waals surface area contributed by atoms with E-state index in [0.29, 0.717) is 24.2 Å². The quantitative estimate of drug-likeness (QED) is 0.440. The molecule has 7 rings (SSSR count). The van der Waals surface area contributed by atoms with Crippen molar-refractivity contribution in [3.05, 3.63) is 23.3 Å². The van der Waals surface area contributed by atoms with Gasteiger partial charge in [0.2, 0.25) is 0 Å². The van der Waals surface area contributed by atoms with Gasteiger partial charge in [0, 0.05) is 42.3 Å². The molecule has 4 bridgehead atoms. The maximum Gasteiger partial charge on any atom is 0.317 e. The normalized spacial score (nSPS) is 38.5. The Balaban J connectivity index is 1.16. The average Bonchev–Trinajstić information content (AvgIpc) is 3.22. The molecule has 1 aromatic rings. The van der Waals surface area contributed by atoms with Crippen LogP contribution in [0, 0.1) is 17.8 Å². The predicted molar refractivity (Wildman–Crippen MR) is 159 cm³/mol. The number of carbonyl (C=O) groups is 1. The second-order valence-electron chi connectivity index (χ2n) is 14.6. The fourth-order valence-corrected chi connectivity index (χ4v) is 10.3. The number of fused-ring (bicyclic) bond motifs is 5. The van der Waals surface area contributed by atoms with Crippen LogP contribution in [-0.4, -0.2) is 67.7 Å². The molecule has 0 amide bonds.